The summed E-state index contributed by atoms with van der Waals surface area (Å²) in [5.74, 6) is -2.17. The molecule has 1 amide bonds. The van der Waals surface area contributed by atoms with Crippen molar-refractivity contribution >= 4 is 11.9 Å². The number of pyridine rings is 1. The van der Waals surface area contributed by atoms with Crippen LogP contribution in [0, 0.1) is 0 Å². The molecule has 0 radical (unpaired) electrons. The summed E-state index contributed by atoms with van der Waals surface area (Å²) in [6, 6.07) is 10.7. The zero-order valence-electron chi connectivity index (χ0n) is 11.1. The SMILES string of the molecule is O=C(NC(Cc1ccccc1)C(=O)O)c1ncccc1O. The number of nitrogens with zero attached hydrogens (tertiary/aromatic N) is 1. The first-order valence-corrected chi connectivity index (χ1v) is 6.29. The number of benzene rings is 1. The molecule has 2 aromatic rings. The van der Waals surface area contributed by atoms with E-state index in [2.05, 4.69) is 10.3 Å². The van der Waals surface area contributed by atoms with Crippen LogP contribution in [-0.4, -0.2) is 33.1 Å². The molecular weight excluding hydrogens is 272 g/mol. The van der Waals surface area contributed by atoms with Gasteiger partial charge in [0.25, 0.3) is 5.91 Å². The zero-order valence-corrected chi connectivity index (χ0v) is 11.1. The fraction of sp³-hybridized carbons (Fsp3) is 0.133. The van der Waals surface area contributed by atoms with Gasteiger partial charge < -0.3 is 15.5 Å². The number of rotatable bonds is 5. The van der Waals surface area contributed by atoms with Crippen molar-refractivity contribution in [3.63, 3.8) is 0 Å². The van der Waals surface area contributed by atoms with Gasteiger partial charge in [0, 0.05) is 12.6 Å². The predicted molar refractivity (Wildman–Crippen MR) is 74.9 cm³/mol. The molecule has 0 saturated carbocycles. The summed E-state index contributed by atoms with van der Waals surface area (Å²) in [6.45, 7) is 0. The molecule has 0 saturated heterocycles. The smallest absolute Gasteiger partial charge is 0.326 e. The Bertz CT molecular complexity index is 643. The summed E-state index contributed by atoms with van der Waals surface area (Å²) >= 11 is 0. The van der Waals surface area contributed by atoms with E-state index < -0.39 is 17.9 Å². The number of carbonyl (C=O) groups is 2. The second-order valence-electron chi connectivity index (χ2n) is 4.43. The highest BCUT2D eigenvalue weighted by Gasteiger charge is 2.23. The minimum atomic E-state index is -1.15. The number of carbonyl (C=O) groups excluding carboxylic acids is 1. The van der Waals surface area contributed by atoms with Crippen molar-refractivity contribution in [2.45, 2.75) is 12.5 Å². The van der Waals surface area contributed by atoms with E-state index in [0.717, 1.165) is 5.56 Å². The zero-order chi connectivity index (χ0) is 15.2. The monoisotopic (exact) mass is 286 g/mol. The van der Waals surface area contributed by atoms with E-state index in [1.165, 1.54) is 18.3 Å². The average Bonchev–Trinajstić information content (AvgIpc) is 2.48. The van der Waals surface area contributed by atoms with Crippen molar-refractivity contribution < 1.29 is 19.8 Å². The van der Waals surface area contributed by atoms with E-state index in [1.54, 1.807) is 24.3 Å². The van der Waals surface area contributed by atoms with Crippen LogP contribution in [0.1, 0.15) is 16.1 Å². The summed E-state index contributed by atoms with van der Waals surface area (Å²) in [7, 11) is 0. The number of hydrogen-bond donors (Lipinski definition) is 3. The van der Waals surface area contributed by atoms with Crippen molar-refractivity contribution in [1.29, 1.82) is 0 Å². The molecule has 0 aliphatic carbocycles. The van der Waals surface area contributed by atoms with Crippen molar-refractivity contribution in [2.24, 2.45) is 0 Å². The Morgan fingerprint density at radius 1 is 1.14 bits per heavy atom. The number of hydrogen-bond acceptors (Lipinski definition) is 4. The predicted octanol–water partition coefficient (Wildman–Crippen LogP) is 1.21. The number of aliphatic carboxylic acids is 1. The van der Waals surface area contributed by atoms with Gasteiger partial charge in [0.05, 0.1) is 0 Å². The highest BCUT2D eigenvalue weighted by Crippen LogP contribution is 2.13. The molecule has 0 aliphatic rings. The molecule has 6 nitrogen and oxygen atoms in total. The third-order valence-electron chi connectivity index (χ3n) is 2.89. The van der Waals surface area contributed by atoms with E-state index in [0.29, 0.717) is 0 Å². The second-order valence-corrected chi connectivity index (χ2v) is 4.43. The summed E-state index contributed by atoms with van der Waals surface area (Å²) in [5.41, 5.74) is 0.590. The van der Waals surface area contributed by atoms with E-state index >= 15 is 0 Å². The number of aromatic nitrogens is 1. The van der Waals surface area contributed by atoms with Gasteiger partial charge in [0.2, 0.25) is 0 Å². The van der Waals surface area contributed by atoms with Crippen LogP contribution in [0.5, 0.6) is 5.75 Å². The van der Waals surface area contributed by atoms with Crippen LogP contribution in [0.15, 0.2) is 48.7 Å². The van der Waals surface area contributed by atoms with Crippen LogP contribution in [-0.2, 0) is 11.2 Å². The Hall–Kier alpha value is -2.89. The molecule has 1 unspecified atom stereocenters. The lowest BCUT2D eigenvalue weighted by atomic mass is 10.1. The first kappa shape index (κ1) is 14.5. The largest absolute Gasteiger partial charge is 0.505 e. The lowest BCUT2D eigenvalue weighted by Crippen LogP contribution is -2.42. The molecule has 0 bridgehead atoms. The molecule has 6 heteroatoms. The molecule has 108 valence electrons. The Morgan fingerprint density at radius 2 is 1.86 bits per heavy atom. The van der Waals surface area contributed by atoms with Crippen LogP contribution in [0.25, 0.3) is 0 Å². The average molecular weight is 286 g/mol. The maximum atomic E-state index is 12.0. The molecule has 1 aromatic carbocycles. The van der Waals surface area contributed by atoms with Crippen LogP contribution in [0.4, 0.5) is 0 Å². The standard InChI is InChI=1S/C15H14N2O4/c18-12-7-4-8-16-13(12)14(19)17-11(15(20)21)9-10-5-2-1-3-6-10/h1-8,11,18H,9H2,(H,17,19)(H,20,21). The normalized spacial score (nSPS) is 11.6. The molecule has 0 spiro atoms. The Morgan fingerprint density at radius 3 is 2.48 bits per heavy atom. The number of nitrogens with one attached hydrogen (secondary N) is 1. The molecule has 1 heterocycles. The van der Waals surface area contributed by atoms with E-state index in [4.69, 9.17) is 0 Å². The maximum Gasteiger partial charge on any atom is 0.326 e. The third kappa shape index (κ3) is 3.79. The van der Waals surface area contributed by atoms with Gasteiger partial charge in [-0.3, -0.25) is 4.79 Å². The molecule has 1 aromatic heterocycles. The summed E-state index contributed by atoms with van der Waals surface area (Å²) < 4.78 is 0. The molecule has 3 N–H and O–H groups in total. The van der Waals surface area contributed by atoms with Gasteiger partial charge in [-0.05, 0) is 17.7 Å². The van der Waals surface area contributed by atoms with Crippen molar-refractivity contribution in [2.75, 3.05) is 0 Å². The van der Waals surface area contributed by atoms with Crippen LogP contribution in [0.2, 0.25) is 0 Å². The minimum Gasteiger partial charge on any atom is -0.505 e. The van der Waals surface area contributed by atoms with Crippen molar-refractivity contribution in [3.8, 4) is 5.75 Å². The first-order chi connectivity index (χ1) is 10.1. The topological polar surface area (TPSA) is 99.5 Å². The van der Waals surface area contributed by atoms with Gasteiger partial charge in [-0.25, -0.2) is 9.78 Å². The number of carboxylic acids is 1. The highest BCUT2D eigenvalue weighted by molar-refractivity contribution is 5.97. The van der Waals surface area contributed by atoms with Crippen molar-refractivity contribution in [3.05, 3.63) is 59.9 Å². The summed E-state index contributed by atoms with van der Waals surface area (Å²) in [4.78, 5) is 27.0. The Kier molecular flexibility index (Phi) is 4.50. The third-order valence-corrected chi connectivity index (χ3v) is 2.89. The fourth-order valence-corrected chi connectivity index (χ4v) is 1.85. The van der Waals surface area contributed by atoms with Gasteiger partial charge in [-0.1, -0.05) is 30.3 Å². The summed E-state index contributed by atoms with van der Waals surface area (Å²) in [6.07, 6.45) is 1.50. The molecular formula is C15H14N2O4. The number of aromatic hydroxyl groups is 1. The molecule has 0 aliphatic heterocycles. The van der Waals surface area contributed by atoms with Gasteiger partial charge in [-0.15, -0.1) is 0 Å². The lowest BCUT2D eigenvalue weighted by Gasteiger charge is -2.14. The number of carboxylic acid groups (broad SMARTS) is 1. The van der Waals surface area contributed by atoms with Gasteiger partial charge >= 0.3 is 5.97 Å². The Labute approximate surface area is 121 Å². The van der Waals surface area contributed by atoms with Gasteiger partial charge in [0.15, 0.2) is 5.69 Å². The van der Waals surface area contributed by atoms with Crippen LogP contribution < -0.4 is 5.32 Å². The highest BCUT2D eigenvalue weighted by atomic mass is 16.4. The molecule has 21 heavy (non-hydrogen) atoms. The fourth-order valence-electron chi connectivity index (χ4n) is 1.85. The van der Waals surface area contributed by atoms with E-state index in [9.17, 15) is 19.8 Å². The minimum absolute atomic E-state index is 0.148. The number of amides is 1. The van der Waals surface area contributed by atoms with Crippen LogP contribution >= 0.6 is 0 Å². The van der Waals surface area contributed by atoms with E-state index in [1.807, 2.05) is 6.07 Å². The maximum absolute atomic E-state index is 12.0. The second kappa shape index (κ2) is 6.51. The quantitative estimate of drug-likeness (QED) is 0.767. The van der Waals surface area contributed by atoms with Gasteiger partial charge in [-0.2, -0.15) is 0 Å². The van der Waals surface area contributed by atoms with Gasteiger partial charge in [0.1, 0.15) is 11.8 Å². The lowest BCUT2D eigenvalue weighted by molar-refractivity contribution is -0.139. The summed E-state index contributed by atoms with van der Waals surface area (Å²) in [5, 5.41) is 21.1. The molecule has 2 rings (SSSR count). The van der Waals surface area contributed by atoms with Crippen molar-refractivity contribution in [1.82, 2.24) is 10.3 Å². The van der Waals surface area contributed by atoms with E-state index in [-0.39, 0.29) is 17.9 Å². The molecule has 1 atom stereocenters. The first-order valence-electron chi connectivity index (χ1n) is 6.29. The van der Waals surface area contributed by atoms with Crippen LogP contribution in [0.3, 0.4) is 0 Å². The molecule has 0 fully saturated rings. The Balaban J connectivity index is 2.12.